The van der Waals surface area contributed by atoms with Crippen LogP contribution in [-0.4, -0.2) is 32.6 Å². The maximum atomic E-state index is 11.3. The third-order valence-electron chi connectivity index (χ3n) is 2.13. The fraction of sp³-hybridized carbons (Fsp3) is 0.250. The fourth-order valence-electron chi connectivity index (χ4n) is 1.52. The number of hydrogen-bond donors (Lipinski definition) is 1. The summed E-state index contributed by atoms with van der Waals surface area (Å²) in [4.78, 5) is 19.2. The molecule has 3 heterocycles. The van der Waals surface area contributed by atoms with Gasteiger partial charge in [0, 0.05) is 0 Å². The van der Waals surface area contributed by atoms with Gasteiger partial charge in [0.1, 0.15) is 18.3 Å². The summed E-state index contributed by atoms with van der Waals surface area (Å²) in [5.74, 6) is 0.443. The van der Waals surface area contributed by atoms with Gasteiger partial charge in [-0.25, -0.2) is 9.97 Å². The van der Waals surface area contributed by atoms with Crippen LogP contribution in [0.15, 0.2) is 6.33 Å². The van der Waals surface area contributed by atoms with E-state index in [1.807, 2.05) is 0 Å². The number of carbonyl (C=O) groups is 1. The molecule has 0 aliphatic carbocycles. The molecule has 6 heteroatoms. The summed E-state index contributed by atoms with van der Waals surface area (Å²) in [6.07, 6.45) is 1.68. The van der Waals surface area contributed by atoms with Crippen LogP contribution in [0.3, 0.4) is 0 Å². The van der Waals surface area contributed by atoms with Gasteiger partial charge in [0.05, 0.1) is 12.1 Å². The summed E-state index contributed by atoms with van der Waals surface area (Å²) in [6, 6.07) is 0. The predicted octanol–water partition coefficient (Wildman–Crippen LogP) is -0.143. The number of H-pyrrole nitrogens is 1. The Kier molecular flexibility index (Phi) is 1.33. The van der Waals surface area contributed by atoms with E-state index in [9.17, 15) is 4.79 Å². The third-order valence-corrected chi connectivity index (χ3v) is 2.13. The average Bonchev–Trinajstić information content (AvgIpc) is 2.51. The van der Waals surface area contributed by atoms with E-state index in [1.54, 1.807) is 0 Å². The van der Waals surface area contributed by atoms with Gasteiger partial charge in [-0.05, 0) is 0 Å². The van der Waals surface area contributed by atoms with Gasteiger partial charge in [-0.2, -0.15) is 5.10 Å². The summed E-state index contributed by atoms with van der Waals surface area (Å²) >= 11 is 0. The van der Waals surface area contributed by atoms with E-state index in [4.69, 9.17) is 4.74 Å². The summed E-state index contributed by atoms with van der Waals surface area (Å²) in [5, 5.41) is 7.45. The zero-order valence-corrected chi connectivity index (χ0v) is 7.15. The Bertz CT molecular complexity index is 519. The van der Waals surface area contributed by atoms with Gasteiger partial charge in [-0.15, -0.1) is 0 Å². The van der Waals surface area contributed by atoms with Crippen molar-refractivity contribution >= 4 is 16.8 Å². The smallest absolute Gasteiger partial charge is 0.228 e. The number of hydrogen-bond acceptors (Lipinski definition) is 5. The normalized spacial score (nSPS) is 15.3. The van der Waals surface area contributed by atoms with Gasteiger partial charge in [0.2, 0.25) is 5.88 Å². The van der Waals surface area contributed by atoms with E-state index < -0.39 is 0 Å². The molecule has 0 fully saturated rings. The van der Waals surface area contributed by atoms with Gasteiger partial charge in [-0.1, -0.05) is 0 Å². The van der Waals surface area contributed by atoms with Crippen LogP contribution in [0.1, 0.15) is 5.69 Å². The highest BCUT2D eigenvalue weighted by atomic mass is 16.5. The van der Waals surface area contributed by atoms with Crippen LogP contribution < -0.4 is 4.74 Å². The number of nitrogens with zero attached hydrogens (tertiary/aromatic N) is 3. The number of aromatic amines is 1. The number of carbonyl (C=O) groups excluding carboxylic acids is 1. The van der Waals surface area contributed by atoms with Crippen molar-refractivity contribution in [3.8, 4) is 5.88 Å². The molecule has 14 heavy (non-hydrogen) atoms. The van der Waals surface area contributed by atoms with Gasteiger partial charge in [0.25, 0.3) is 0 Å². The predicted molar refractivity (Wildman–Crippen MR) is 45.9 cm³/mol. The average molecular weight is 190 g/mol. The molecule has 0 amide bonds. The summed E-state index contributed by atoms with van der Waals surface area (Å²) in [7, 11) is 0. The van der Waals surface area contributed by atoms with Crippen LogP contribution in [0, 0.1) is 0 Å². The Morgan fingerprint density at radius 1 is 1.43 bits per heavy atom. The molecule has 2 aromatic rings. The Morgan fingerprint density at radius 3 is 3.29 bits per heavy atom. The molecule has 2 aromatic heterocycles. The van der Waals surface area contributed by atoms with Gasteiger partial charge in [0.15, 0.2) is 11.4 Å². The van der Waals surface area contributed by atoms with E-state index in [2.05, 4.69) is 20.2 Å². The molecular formula is C8H6N4O2. The van der Waals surface area contributed by atoms with Crippen molar-refractivity contribution in [2.24, 2.45) is 0 Å². The Labute approximate surface area is 78.3 Å². The zero-order valence-electron chi connectivity index (χ0n) is 7.15. The second-order valence-corrected chi connectivity index (χ2v) is 3.08. The number of rotatable bonds is 0. The van der Waals surface area contributed by atoms with Crippen molar-refractivity contribution in [2.45, 2.75) is 6.42 Å². The number of Topliss-reactive ketones (excluding diaryl/α,β-unsaturated/α-hetero) is 1. The van der Waals surface area contributed by atoms with Crippen LogP contribution >= 0.6 is 0 Å². The molecule has 0 spiro atoms. The quantitative estimate of drug-likeness (QED) is 0.625. The molecule has 0 saturated carbocycles. The number of ether oxygens (including phenoxy) is 1. The first-order valence-electron chi connectivity index (χ1n) is 4.17. The molecule has 0 aromatic carbocycles. The van der Waals surface area contributed by atoms with Crippen LogP contribution in [-0.2, 0) is 11.2 Å². The molecule has 70 valence electrons. The minimum absolute atomic E-state index is 0.00792. The lowest BCUT2D eigenvalue weighted by atomic mass is 10.2. The van der Waals surface area contributed by atoms with Crippen molar-refractivity contribution in [2.75, 3.05) is 6.61 Å². The lowest BCUT2D eigenvalue weighted by Crippen LogP contribution is -2.11. The SMILES string of the molecule is O=C1COc2ncnc3n[nH]c(c23)C1. The van der Waals surface area contributed by atoms with Crippen LogP contribution in [0.5, 0.6) is 5.88 Å². The highest BCUT2D eigenvalue weighted by Crippen LogP contribution is 2.25. The van der Waals surface area contributed by atoms with Gasteiger partial charge >= 0.3 is 0 Å². The largest absolute Gasteiger partial charge is 0.469 e. The molecule has 6 nitrogen and oxygen atoms in total. The highest BCUT2D eigenvalue weighted by Gasteiger charge is 2.20. The minimum atomic E-state index is 0.00792. The molecule has 1 aliphatic rings. The summed E-state index contributed by atoms with van der Waals surface area (Å²) in [5.41, 5.74) is 1.28. The van der Waals surface area contributed by atoms with Gasteiger partial charge in [-0.3, -0.25) is 9.89 Å². The highest BCUT2D eigenvalue weighted by molar-refractivity contribution is 5.91. The van der Waals surface area contributed by atoms with Crippen molar-refractivity contribution in [3.63, 3.8) is 0 Å². The van der Waals surface area contributed by atoms with Gasteiger partial charge < -0.3 is 4.74 Å². The van der Waals surface area contributed by atoms with Crippen LogP contribution in [0.2, 0.25) is 0 Å². The topological polar surface area (TPSA) is 80.8 Å². The second kappa shape index (κ2) is 2.50. The summed E-state index contributed by atoms with van der Waals surface area (Å²) in [6.45, 7) is 0.0641. The van der Waals surface area contributed by atoms with E-state index in [1.165, 1.54) is 6.33 Å². The molecule has 0 atom stereocenters. The fourth-order valence-corrected chi connectivity index (χ4v) is 1.52. The molecule has 3 rings (SSSR count). The molecule has 0 radical (unpaired) electrons. The molecule has 0 bridgehead atoms. The first-order chi connectivity index (χ1) is 6.84. The minimum Gasteiger partial charge on any atom is -0.469 e. The van der Waals surface area contributed by atoms with Crippen molar-refractivity contribution in [1.82, 2.24) is 20.2 Å². The van der Waals surface area contributed by atoms with E-state index >= 15 is 0 Å². The molecule has 1 aliphatic heterocycles. The number of nitrogens with one attached hydrogen (secondary N) is 1. The van der Waals surface area contributed by atoms with Crippen molar-refractivity contribution < 1.29 is 9.53 Å². The molecule has 0 unspecified atom stereocenters. The first-order valence-corrected chi connectivity index (χ1v) is 4.17. The zero-order chi connectivity index (χ0) is 9.54. The standard InChI is InChI=1S/C8H6N4O2/c13-4-1-5-6-7(12-11-5)9-3-10-8(6)14-2-4/h3H,1-2H2,(H,9,10,11,12). The maximum absolute atomic E-state index is 11.3. The lowest BCUT2D eigenvalue weighted by Gasteiger charge is -1.99. The van der Waals surface area contributed by atoms with Crippen molar-refractivity contribution in [1.29, 1.82) is 0 Å². The number of aromatic nitrogens is 4. The Balaban J connectivity index is 2.35. The Hall–Kier alpha value is -1.98. The monoisotopic (exact) mass is 190 g/mol. The van der Waals surface area contributed by atoms with E-state index in [-0.39, 0.29) is 12.4 Å². The molecule has 0 saturated heterocycles. The second-order valence-electron chi connectivity index (χ2n) is 3.08. The Morgan fingerprint density at radius 2 is 2.36 bits per heavy atom. The van der Waals surface area contributed by atoms with Crippen LogP contribution in [0.4, 0.5) is 0 Å². The molecular weight excluding hydrogens is 184 g/mol. The van der Waals surface area contributed by atoms with Crippen molar-refractivity contribution in [3.05, 3.63) is 12.0 Å². The van der Waals surface area contributed by atoms with E-state index in [0.717, 1.165) is 11.1 Å². The third kappa shape index (κ3) is 0.905. The first kappa shape index (κ1) is 7.43. The number of ketones is 1. The van der Waals surface area contributed by atoms with Crippen LogP contribution in [0.25, 0.3) is 11.0 Å². The van der Waals surface area contributed by atoms with E-state index in [0.29, 0.717) is 17.9 Å². The molecule has 1 N–H and O–H groups in total. The lowest BCUT2D eigenvalue weighted by molar-refractivity contribution is -0.120. The summed E-state index contributed by atoms with van der Waals surface area (Å²) < 4.78 is 5.23. The maximum Gasteiger partial charge on any atom is 0.228 e.